The molecule has 0 aliphatic carbocycles. The Morgan fingerprint density at radius 1 is 1.19 bits per heavy atom. The maximum absolute atomic E-state index is 12.9. The number of rotatable bonds is 7. The zero-order valence-corrected chi connectivity index (χ0v) is 14.0. The monoisotopic (exact) mass is 351 g/mol. The summed E-state index contributed by atoms with van der Waals surface area (Å²) in [6.45, 7) is 0.527. The van der Waals surface area contributed by atoms with Gasteiger partial charge in [-0.1, -0.05) is 30.3 Å². The second-order valence-electron chi connectivity index (χ2n) is 5.59. The van der Waals surface area contributed by atoms with Gasteiger partial charge < -0.3 is 14.0 Å². The molecule has 0 atom stereocenters. The highest BCUT2D eigenvalue weighted by atomic mass is 16.7. The van der Waals surface area contributed by atoms with Crippen LogP contribution in [0, 0.1) is 11.3 Å². The third-order valence-corrected chi connectivity index (χ3v) is 3.87. The summed E-state index contributed by atoms with van der Waals surface area (Å²) in [4.78, 5) is 26.9. The third kappa shape index (κ3) is 3.75. The highest BCUT2D eigenvalue weighted by Crippen LogP contribution is 2.19. The molecule has 7 nitrogen and oxygen atoms in total. The molecule has 2 aromatic rings. The first-order valence-corrected chi connectivity index (χ1v) is 8.07. The van der Waals surface area contributed by atoms with E-state index in [0.29, 0.717) is 6.54 Å². The van der Waals surface area contributed by atoms with Crippen molar-refractivity contribution in [2.24, 2.45) is 0 Å². The molecule has 0 fully saturated rings. The molecule has 3 rings (SSSR count). The van der Waals surface area contributed by atoms with E-state index in [1.165, 1.54) is 11.2 Å². The van der Waals surface area contributed by atoms with E-state index in [1.807, 2.05) is 36.4 Å². The van der Waals surface area contributed by atoms with Gasteiger partial charge in [-0.05, 0) is 17.7 Å². The number of aromatic nitrogens is 1. The first kappa shape index (κ1) is 17.3. The lowest BCUT2D eigenvalue weighted by molar-refractivity contribution is -0.127. The van der Waals surface area contributed by atoms with Crippen LogP contribution in [-0.2, 0) is 27.4 Å². The molecule has 1 aromatic heterocycles. The number of Topliss-reactive ketones (excluding diaryl/α,β-unsaturated/α-hetero) is 1. The topological polar surface area (TPSA) is 84.6 Å². The summed E-state index contributed by atoms with van der Waals surface area (Å²) in [5, 5.41) is 8.74. The lowest BCUT2D eigenvalue weighted by Gasteiger charge is -2.21. The minimum atomic E-state index is -0.720. The first-order valence-electron chi connectivity index (χ1n) is 8.07. The van der Waals surface area contributed by atoms with Gasteiger partial charge in [0.05, 0.1) is 24.7 Å². The Balaban J connectivity index is 1.84. The number of nitrogens with zero attached hydrogens (tertiary/aromatic N) is 3. The summed E-state index contributed by atoms with van der Waals surface area (Å²) in [6.07, 6.45) is 3.25. The molecule has 26 heavy (non-hydrogen) atoms. The summed E-state index contributed by atoms with van der Waals surface area (Å²) < 4.78 is 12.0. The minimum Gasteiger partial charge on any atom is -0.459 e. The summed E-state index contributed by atoms with van der Waals surface area (Å²) in [7, 11) is 0. The highest BCUT2D eigenvalue weighted by Gasteiger charge is 2.30. The van der Waals surface area contributed by atoms with Crippen molar-refractivity contribution in [2.45, 2.75) is 19.5 Å². The van der Waals surface area contributed by atoms with Crippen molar-refractivity contribution in [3.8, 4) is 6.07 Å². The van der Waals surface area contributed by atoms with Crippen LogP contribution in [0.1, 0.15) is 22.5 Å². The lowest BCUT2D eigenvalue weighted by Crippen LogP contribution is -2.36. The number of ether oxygens (including phenoxy) is 2. The van der Waals surface area contributed by atoms with Gasteiger partial charge in [-0.15, -0.1) is 0 Å². The van der Waals surface area contributed by atoms with E-state index in [-0.39, 0.29) is 31.3 Å². The largest absolute Gasteiger partial charge is 0.459 e. The number of nitriles is 1. The lowest BCUT2D eigenvalue weighted by atomic mass is 10.2. The molecule has 1 aromatic carbocycles. The van der Waals surface area contributed by atoms with Crippen molar-refractivity contribution in [2.75, 3.05) is 6.79 Å². The number of hydrogen-bond acceptors (Lipinski definition) is 5. The van der Waals surface area contributed by atoms with Gasteiger partial charge in [0.25, 0.3) is 5.78 Å². The van der Waals surface area contributed by atoms with Gasteiger partial charge in [0.1, 0.15) is 6.26 Å². The van der Waals surface area contributed by atoms with E-state index >= 15 is 0 Å². The number of hydrogen-bond donors (Lipinski definition) is 0. The Labute approximate surface area is 150 Å². The standard InChI is InChI=1S/C19H17N3O4/c20-9-5-11-21-10-4-8-16(21)18(23)19(24)22(17-13-25-14-26-17)12-15-6-2-1-3-7-15/h1-4,6-8,10,13H,5,11-12,14H2. The van der Waals surface area contributed by atoms with Gasteiger partial charge in [0, 0.05) is 12.7 Å². The predicted molar refractivity (Wildman–Crippen MR) is 91.1 cm³/mol. The van der Waals surface area contributed by atoms with Gasteiger partial charge >= 0.3 is 5.91 Å². The van der Waals surface area contributed by atoms with E-state index in [2.05, 4.69) is 0 Å². The molecule has 1 amide bonds. The number of ketones is 1. The molecule has 1 aliphatic rings. The molecule has 0 radical (unpaired) electrons. The van der Waals surface area contributed by atoms with E-state index in [1.54, 1.807) is 22.9 Å². The van der Waals surface area contributed by atoms with E-state index in [4.69, 9.17) is 14.7 Å². The smallest absolute Gasteiger partial charge is 0.303 e. The van der Waals surface area contributed by atoms with E-state index in [9.17, 15) is 9.59 Å². The fourth-order valence-electron chi connectivity index (χ4n) is 2.61. The molecule has 0 spiro atoms. The van der Waals surface area contributed by atoms with Crippen LogP contribution in [0.25, 0.3) is 0 Å². The van der Waals surface area contributed by atoms with Crippen LogP contribution in [0.2, 0.25) is 0 Å². The Morgan fingerprint density at radius 2 is 2.00 bits per heavy atom. The fourth-order valence-corrected chi connectivity index (χ4v) is 2.61. The SMILES string of the molecule is N#CCCn1cccc1C(=O)C(=O)N(Cc1ccccc1)C1=COCO1. The maximum atomic E-state index is 12.9. The zero-order chi connectivity index (χ0) is 18.4. The van der Waals surface area contributed by atoms with Crippen LogP contribution in [0.5, 0.6) is 0 Å². The number of aryl methyl sites for hydroxylation is 1. The molecule has 7 heteroatoms. The van der Waals surface area contributed by atoms with Gasteiger partial charge in [0.15, 0.2) is 0 Å². The van der Waals surface area contributed by atoms with E-state index in [0.717, 1.165) is 5.56 Å². The number of benzene rings is 1. The van der Waals surface area contributed by atoms with Crippen LogP contribution >= 0.6 is 0 Å². The molecular weight excluding hydrogens is 334 g/mol. The Hall–Kier alpha value is -3.53. The van der Waals surface area contributed by atoms with Crippen LogP contribution in [0.4, 0.5) is 0 Å². The summed E-state index contributed by atoms with van der Waals surface area (Å²) in [5.41, 5.74) is 1.09. The summed E-state index contributed by atoms with van der Waals surface area (Å²) >= 11 is 0. The molecule has 132 valence electrons. The second kappa shape index (κ2) is 8.03. The maximum Gasteiger partial charge on any atom is 0.303 e. The quantitative estimate of drug-likeness (QED) is 0.565. The van der Waals surface area contributed by atoms with Crippen molar-refractivity contribution < 1.29 is 19.1 Å². The van der Waals surface area contributed by atoms with Crippen molar-refractivity contribution in [3.05, 3.63) is 72.1 Å². The second-order valence-corrected chi connectivity index (χ2v) is 5.59. The summed E-state index contributed by atoms with van der Waals surface area (Å²) in [6, 6.07) is 14.6. The van der Waals surface area contributed by atoms with Gasteiger partial charge in [-0.25, -0.2) is 0 Å². The number of amides is 1. The van der Waals surface area contributed by atoms with Crippen molar-refractivity contribution in [3.63, 3.8) is 0 Å². The van der Waals surface area contributed by atoms with Crippen LogP contribution in [-0.4, -0.2) is 28.0 Å². The average Bonchev–Trinajstić information content (AvgIpc) is 3.36. The average molecular weight is 351 g/mol. The van der Waals surface area contributed by atoms with Crippen LogP contribution in [0.15, 0.2) is 60.8 Å². The number of carbonyl (C=O) groups is 2. The minimum absolute atomic E-state index is 0.000635. The molecule has 0 N–H and O–H groups in total. The van der Waals surface area contributed by atoms with Crippen LogP contribution < -0.4 is 0 Å². The highest BCUT2D eigenvalue weighted by molar-refractivity contribution is 6.42. The third-order valence-electron chi connectivity index (χ3n) is 3.87. The molecule has 0 bridgehead atoms. The van der Waals surface area contributed by atoms with Gasteiger partial charge in [-0.3, -0.25) is 14.5 Å². The zero-order valence-electron chi connectivity index (χ0n) is 14.0. The normalized spacial score (nSPS) is 12.5. The predicted octanol–water partition coefficient (Wildman–Crippen LogP) is 2.42. The first-order chi connectivity index (χ1) is 12.7. The Morgan fingerprint density at radius 3 is 2.69 bits per heavy atom. The van der Waals surface area contributed by atoms with E-state index < -0.39 is 11.7 Å². The Kier molecular flexibility index (Phi) is 5.34. The summed E-state index contributed by atoms with van der Waals surface area (Å²) in [5.74, 6) is -1.19. The Bertz CT molecular complexity index is 864. The van der Waals surface area contributed by atoms with Crippen molar-refractivity contribution in [1.29, 1.82) is 5.26 Å². The molecule has 0 saturated carbocycles. The van der Waals surface area contributed by atoms with Gasteiger partial charge in [-0.2, -0.15) is 5.26 Å². The fraction of sp³-hybridized carbons (Fsp3) is 0.211. The van der Waals surface area contributed by atoms with Crippen molar-refractivity contribution in [1.82, 2.24) is 9.47 Å². The van der Waals surface area contributed by atoms with Crippen molar-refractivity contribution >= 4 is 11.7 Å². The van der Waals surface area contributed by atoms with Crippen LogP contribution in [0.3, 0.4) is 0 Å². The molecule has 2 heterocycles. The van der Waals surface area contributed by atoms with Gasteiger partial charge in [0.2, 0.25) is 12.7 Å². The molecule has 1 aliphatic heterocycles. The molecule has 0 unspecified atom stereocenters. The molecule has 0 saturated heterocycles. The number of carbonyl (C=O) groups excluding carboxylic acids is 2. The molecular formula is C19H17N3O4.